The molecule has 0 aromatic heterocycles. The van der Waals surface area contributed by atoms with Gasteiger partial charge in [0.2, 0.25) is 0 Å². The van der Waals surface area contributed by atoms with Crippen LogP contribution in [0, 0.1) is 12.8 Å². The van der Waals surface area contributed by atoms with Gasteiger partial charge in [-0.15, -0.1) is 24.0 Å². The lowest BCUT2D eigenvalue weighted by Gasteiger charge is -2.33. The van der Waals surface area contributed by atoms with Crippen LogP contribution in [-0.2, 0) is 4.74 Å². The summed E-state index contributed by atoms with van der Waals surface area (Å²) in [5.41, 5.74) is 1.92. The first-order valence-corrected chi connectivity index (χ1v) is 10.5. The predicted molar refractivity (Wildman–Crippen MR) is 125 cm³/mol. The van der Waals surface area contributed by atoms with Gasteiger partial charge in [-0.25, -0.2) is 0 Å². The monoisotopic (exact) mass is 501 g/mol. The van der Waals surface area contributed by atoms with Crippen LogP contribution in [-0.4, -0.2) is 42.9 Å². The molecule has 1 saturated heterocycles. The Hall–Kier alpha value is -0.860. The molecular weight excluding hydrogens is 465 g/mol. The number of halogens is 1. The molecule has 2 aliphatic rings. The average molecular weight is 501 g/mol. The summed E-state index contributed by atoms with van der Waals surface area (Å²) in [7, 11) is 0. The van der Waals surface area contributed by atoms with Crippen molar-refractivity contribution in [2.75, 3.05) is 26.2 Å². The first kappa shape index (κ1) is 23.4. The topological polar surface area (TPSA) is 65.9 Å². The molecule has 0 radical (unpaired) electrons. The van der Waals surface area contributed by atoms with Crippen LogP contribution in [0.5, 0.6) is 0 Å². The van der Waals surface area contributed by atoms with E-state index in [1.807, 2.05) is 0 Å². The van der Waals surface area contributed by atoms with Crippen LogP contribution in [0.2, 0.25) is 0 Å². The number of rotatable bonds is 6. The van der Waals surface area contributed by atoms with Crippen molar-refractivity contribution in [2.24, 2.45) is 10.9 Å². The summed E-state index contributed by atoms with van der Waals surface area (Å²) < 4.78 is 6.13. The van der Waals surface area contributed by atoms with Gasteiger partial charge >= 0.3 is 0 Å². The van der Waals surface area contributed by atoms with Gasteiger partial charge in [0.05, 0.1) is 18.2 Å². The third kappa shape index (κ3) is 6.59. The number of aryl methyl sites for hydroxylation is 1. The van der Waals surface area contributed by atoms with Gasteiger partial charge in [0, 0.05) is 25.6 Å². The van der Waals surface area contributed by atoms with Crippen molar-refractivity contribution in [1.82, 2.24) is 10.6 Å². The maximum atomic E-state index is 10.6. The highest BCUT2D eigenvalue weighted by atomic mass is 127. The van der Waals surface area contributed by atoms with Gasteiger partial charge in [-0.2, -0.15) is 0 Å². The molecule has 3 N–H and O–H groups in total. The number of hydrogen-bond acceptors (Lipinski definition) is 3. The molecule has 1 aromatic carbocycles. The molecule has 1 heterocycles. The minimum atomic E-state index is -0.610. The number of aliphatic hydroxyl groups is 1. The molecule has 28 heavy (non-hydrogen) atoms. The molecule has 6 heteroatoms. The van der Waals surface area contributed by atoms with Crippen LogP contribution in [0.1, 0.15) is 62.7 Å². The zero-order chi connectivity index (χ0) is 19.1. The standard InChI is InChI=1S/C22H35N3O2.HI/c1-3-23-21(25-16-22(26)12-4-5-13-22)24-15-19-7-6-14-27-20(19)18-10-8-17(2)9-11-18;/h8-11,19-20,26H,3-7,12-16H2,1-2H3,(H2,23,24,25);1H. The van der Waals surface area contributed by atoms with Gasteiger partial charge in [-0.05, 0) is 45.1 Å². The SMILES string of the molecule is CCNC(=NCC1(O)CCCC1)NCC1CCCOC1c1ccc(C)cc1.I. The summed E-state index contributed by atoms with van der Waals surface area (Å²) in [5.74, 6) is 1.21. The van der Waals surface area contributed by atoms with Crippen molar-refractivity contribution >= 4 is 29.9 Å². The van der Waals surface area contributed by atoms with Crippen LogP contribution in [0.3, 0.4) is 0 Å². The van der Waals surface area contributed by atoms with Crippen molar-refractivity contribution in [3.8, 4) is 0 Å². The number of nitrogens with one attached hydrogen (secondary N) is 2. The lowest BCUT2D eigenvalue weighted by atomic mass is 9.89. The number of hydrogen-bond donors (Lipinski definition) is 3. The summed E-state index contributed by atoms with van der Waals surface area (Å²) in [6, 6.07) is 8.69. The second-order valence-corrected chi connectivity index (χ2v) is 8.11. The van der Waals surface area contributed by atoms with E-state index in [4.69, 9.17) is 4.74 Å². The minimum Gasteiger partial charge on any atom is -0.388 e. The first-order valence-electron chi connectivity index (χ1n) is 10.5. The van der Waals surface area contributed by atoms with Crippen LogP contribution in [0.4, 0.5) is 0 Å². The molecule has 1 saturated carbocycles. The van der Waals surface area contributed by atoms with Gasteiger partial charge in [0.1, 0.15) is 0 Å². The molecule has 0 bridgehead atoms. The predicted octanol–water partition coefficient (Wildman–Crippen LogP) is 3.94. The van der Waals surface area contributed by atoms with E-state index in [2.05, 4.69) is 53.7 Å². The van der Waals surface area contributed by atoms with Crippen molar-refractivity contribution in [2.45, 2.75) is 64.1 Å². The van der Waals surface area contributed by atoms with Crippen molar-refractivity contribution in [1.29, 1.82) is 0 Å². The molecule has 1 aliphatic heterocycles. The maximum Gasteiger partial charge on any atom is 0.191 e. The highest BCUT2D eigenvalue weighted by Crippen LogP contribution is 2.33. The summed E-state index contributed by atoms with van der Waals surface area (Å²) >= 11 is 0. The second kappa shape index (κ2) is 11.4. The normalized spacial score (nSPS) is 24.5. The number of ether oxygens (including phenoxy) is 1. The Kier molecular flexibility index (Phi) is 9.50. The Balaban J connectivity index is 0.00000280. The van der Waals surface area contributed by atoms with Crippen molar-refractivity contribution in [3.63, 3.8) is 0 Å². The number of benzene rings is 1. The van der Waals surface area contributed by atoms with Crippen LogP contribution in [0.15, 0.2) is 29.3 Å². The molecule has 1 aromatic rings. The van der Waals surface area contributed by atoms with E-state index in [-0.39, 0.29) is 30.1 Å². The molecule has 0 spiro atoms. The van der Waals surface area contributed by atoms with Gasteiger partial charge in [-0.3, -0.25) is 4.99 Å². The van der Waals surface area contributed by atoms with E-state index in [0.717, 1.165) is 64.2 Å². The second-order valence-electron chi connectivity index (χ2n) is 8.11. The molecule has 2 unspecified atom stereocenters. The number of aliphatic imine (C=N–C) groups is 1. The fourth-order valence-electron chi connectivity index (χ4n) is 4.16. The molecule has 158 valence electrons. The number of guanidine groups is 1. The van der Waals surface area contributed by atoms with Crippen LogP contribution < -0.4 is 10.6 Å². The van der Waals surface area contributed by atoms with E-state index < -0.39 is 5.60 Å². The van der Waals surface area contributed by atoms with E-state index >= 15 is 0 Å². The Labute approximate surface area is 186 Å². The Morgan fingerprint density at radius 1 is 1.18 bits per heavy atom. The lowest BCUT2D eigenvalue weighted by Crippen LogP contribution is -2.43. The van der Waals surface area contributed by atoms with Gasteiger partial charge in [0.25, 0.3) is 0 Å². The zero-order valence-electron chi connectivity index (χ0n) is 17.2. The molecule has 0 amide bonds. The molecule has 1 aliphatic carbocycles. The number of nitrogens with zero attached hydrogens (tertiary/aromatic N) is 1. The van der Waals surface area contributed by atoms with E-state index in [9.17, 15) is 5.11 Å². The molecule has 2 atom stereocenters. The lowest BCUT2D eigenvalue weighted by molar-refractivity contribution is -0.0265. The average Bonchev–Trinajstić information content (AvgIpc) is 3.12. The third-order valence-electron chi connectivity index (χ3n) is 5.79. The third-order valence-corrected chi connectivity index (χ3v) is 5.79. The summed E-state index contributed by atoms with van der Waals surface area (Å²) in [6.45, 7) is 7.12. The maximum absolute atomic E-state index is 10.6. The zero-order valence-corrected chi connectivity index (χ0v) is 19.6. The highest BCUT2D eigenvalue weighted by Gasteiger charge is 2.31. The quantitative estimate of drug-likeness (QED) is 0.314. The Morgan fingerprint density at radius 2 is 1.89 bits per heavy atom. The van der Waals surface area contributed by atoms with E-state index in [0.29, 0.717) is 12.5 Å². The molecule has 5 nitrogen and oxygen atoms in total. The molecule has 2 fully saturated rings. The van der Waals surface area contributed by atoms with Crippen LogP contribution >= 0.6 is 24.0 Å². The summed E-state index contributed by atoms with van der Waals surface area (Å²) in [6.07, 6.45) is 6.32. The van der Waals surface area contributed by atoms with E-state index in [1.165, 1.54) is 11.1 Å². The summed E-state index contributed by atoms with van der Waals surface area (Å²) in [5, 5.41) is 17.4. The highest BCUT2D eigenvalue weighted by molar-refractivity contribution is 14.0. The molecule has 3 rings (SSSR count). The fraction of sp³-hybridized carbons (Fsp3) is 0.682. The van der Waals surface area contributed by atoms with Crippen molar-refractivity contribution < 1.29 is 9.84 Å². The minimum absolute atomic E-state index is 0. The van der Waals surface area contributed by atoms with Gasteiger partial charge in [-0.1, -0.05) is 42.7 Å². The van der Waals surface area contributed by atoms with Crippen LogP contribution in [0.25, 0.3) is 0 Å². The summed E-state index contributed by atoms with van der Waals surface area (Å²) in [4.78, 5) is 4.66. The van der Waals surface area contributed by atoms with Crippen molar-refractivity contribution in [3.05, 3.63) is 35.4 Å². The molecular formula is C22H36IN3O2. The largest absolute Gasteiger partial charge is 0.388 e. The Morgan fingerprint density at radius 3 is 2.57 bits per heavy atom. The Bertz CT molecular complexity index is 615. The van der Waals surface area contributed by atoms with Gasteiger partial charge < -0.3 is 20.5 Å². The fourth-order valence-corrected chi connectivity index (χ4v) is 4.16. The van der Waals surface area contributed by atoms with Gasteiger partial charge in [0.15, 0.2) is 5.96 Å². The van der Waals surface area contributed by atoms with E-state index in [1.54, 1.807) is 0 Å². The smallest absolute Gasteiger partial charge is 0.191 e. The first-order chi connectivity index (χ1) is 13.1.